The first kappa shape index (κ1) is 19.9. The third-order valence-corrected chi connectivity index (χ3v) is 5.69. The number of benzene rings is 2. The van der Waals surface area contributed by atoms with Crippen molar-refractivity contribution in [2.45, 2.75) is 38.2 Å². The van der Waals surface area contributed by atoms with Gasteiger partial charge in [-0.15, -0.1) is 0 Å². The van der Waals surface area contributed by atoms with E-state index in [9.17, 15) is 14.7 Å². The van der Waals surface area contributed by atoms with Crippen molar-refractivity contribution in [2.24, 2.45) is 0 Å². The van der Waals surface area contributed by atoms with Gasteiger partial charge in [0.1, 0.15) is 12.3 Å². The molecule has 0 atom stereocenters. The Kier molecular flexibility index (Phi) is 5.74. The molecule has 146 valence electrons. The summed E-state index contributed by atoms with van der Waals surface area (Å²) in [6, 6.07) is 9.28. The van der Waals surface area contributed by atoms with Crippen LogP contribution in [0.1, 0.15) is 34.0 Å². The second-order valence-electron chi connectivity index (χ2n) is 6.67. The molecule has 0 fully saturated rings. The molecule has 0 aliphatic heterocycles. The minimum atomic E-state index is -0.921. The second-order valence-corrected chi connectivity index (χ2v) is 7.61. The average Bonchev–Trinajstić information content (AvgIpc) is 2.96. The number of aliphatic carboxylic acids is 1. The number of ketones is 1. The van der Waals surface area contributed by atoms with Gasteiger partial charge < -0.3 is 14.4 Å². The summed E-state index contributed by atoms with van der Waals surface area (Å²) in [5, 5.41) is 9.97. The van der Waals surface area contributed by atoms with Crippen molar-refractivity contribution in [3.05, 3.63) is 52.6 Å². The number of aryl methyl sites for hydroxylation is 2. The van der Waals surface area contributed by atoms with E-state index < -0.39 is 5.97 Å². The van der Waals surface area contributed by atoms with Crippen LogP contribution in [0.2, 0.25) is 0 Å². The van der Waals surface area contributed by atoms with Crippen LogP contribution in [0.25, 0.3) is 11.0 Å². The van der Waals surface area contributed by atoms with Crippen molar-refractivity contribution in [1.82, 2.24) is 9.55 Å². The Morgan fingerprint density at radius 3 is 2.54 bits per heavy atom. The van der Waals surface area contributed by atoms with Gasteiger partial charge in [-0.3, -0.25) is 9.59 Å². The number of thioether (sulfide) groups is 1. The molecule has 0 unspecified atom stereocenters. The number of ether oxygens (including phenoxy) is 1. The maximum Gasteiger partial charge on any atom is 0.323 e. The van der Waals surface area contributed by atoms with Crippen LogP contribution in [0.4, 0.5) is 0 Å². The van der Waals surface area contributed by atoms with Crippen molar-refractivity contribution in [3.8, 4) is 5.75 Å². The number of Topliss-reactive ketones (excluding diaryl/α,β-unsaturated/α-hetero) is 1. The number of carboxylic acid groups (broad SMARTS) is 1. The number of rotatable bonds is 7. The Morgan fingerprint density at radius 2 is 1.89 bits per heavy atom. The third-order valence-electron chi connectivity index (χ3n) is 4.67. The van der Waals surface area contributed by atoms with Gasteiger partial charge in [0, 0.05) is 16.9 Å². The van der Waals surface area contributed by atoms with Gasteiger partial charge in [0.15, 0.2) is 10.9 Å². The minimum absolute atomic E-state index is 0.0158. The van der Waals surface area contributed by atoms with Gasteiger partial charge >= 0.3 is 5.97 Å². The first-order valence-electron chi connectivity index (χ1n) is 8.80. The van der Waals surface area contributed by atoms with Crippen LogP contribution in [-0.2, 0) is 17.1 Å². The van der Waals surface area contributed by atoms with E-state index in [-0.39, 0.29) is 12.3 Å². The van der Waals surface area contributed by atoms with Crippen LogP contribution in [-0.4, -0.2) is 33.5 Å². The summed E-state index contributed by atoms with van der Waals surface area (Å²) in [6.07, 6.45) is 0. The Morgan fingerprint density at radius 1 is 1.18 bits per heavy atom. The van der Waals surface area contributed by atoms with E-state index in [0.717, 1.165) is 27.7 Å². The zero-order chi connectivity index (χ0) is 20.4. The van der Waals surface area contributed by atoms with Crippen LogP contribution < -0.4 is 4.74 Å². The van der Waals surface area contributed by atoms with E-state index in [1.807, 2.05) is 32.0 Å². The van der Waals surface area contributed by atoms with Gasteiger partial charge in [-0.2, -0.15) is 0 Å². The number of aromatic nitrogens is 2. The van der Waals surface area contributed by atoms with Crippen LogP contribution in [0, 0.1) is 13.8 Å². The molecule has 0 bridgehead atoms. The monoisotopic (exact) mass is 398 g/mol. The van der Waals surface area contributed by atoms with Gasteiger partial charge in [0.25, 0.3) is 0 Å². The van der Waals surface area contributed by atoms with E-state index in [4.69, 9.17) is 4.74 Å². The normalized spacial score (nSPS) is 11.0. The van der Waals surface area contributed by atoms with Crippen LogP contribution in [0.15, 0.2) is 35.5 Å². The summed E-state index contributed by atoms with van der Waals surface area (Å²) in [5.74, 6) is 0.254. The zero-order valence-corrected chi connectivity index (χ0v) is 17.1. The lowest BCUT2D eigenvalue weighted by molar-refractivity contribution is -0.137. The largest absolute Gasteiger partial charge is 0.496 e. The van der Waals surface area contributed by atoms with E-state index in [1.165, 1.54) is 18.7 Å². The molecule has 0 saturated heterocycles. The third kappa shape index (κ3) is 4.04. The Balaban J connectivity index is 1.99. The first-order valence-corrected chi connectivity index (χ1v) is 9.78. The molecular weight excluding hydrogens is 376 g/mol. The smallest absolute Gasteiger partial charge is 0.323 e. The van der Waals surface area contributed by atoms with Crippen molar-refractivity contribution < 1.29 is 19.4 Å². The summed E-state index contributed by atoms with van der Waals surface area (Å²) in [6.45, 7) is 5.37. The molecule has 6 nitrogen and oxygen atoms in total. The number of carbonyl (C=O) groups is 2. The van der Waals surface area contributed by atoms with Gasteiger partial charge in [0.2, 0.25) is 0 Å². The molecule has 0 spiro atoms. The van der Waals surface area contributed by atoms with Crippen LogP contribution >= 0.6 is 11.8 Å². The van der Waals surface area contributed by atoms with Gasteiger partial charge in [-0.1, -0.05) is 11.8 Å². The summed E-state index contributed by atoms with van der Waals surface area (Å²) < 4.78 is 7.13. The molecule has 3 aromatic rings. The number of carbonyl (C=O) groups excluding carboxylic acids is 1. The molecule has 0 aliphatic carbocycles. The van der Waals surface area contributed by atoms with Crippen LogP contribution in [0.3, 0.4) is 0 Å². The number of hydrogen-bond donors (Lipinski definition) is 1. The molecular formula is C21H22N2O4S. The number of carboxylic acids is 1. The number of imidazole rings is 1. The first-order chi connectivity index (χ1) is 13.3. The molecule has 7 heteroatoms. The Hall–Kier alpha value is -2.80. The molecule has 1 heterocycles. The summed E-state index contributed by atoms with van der Waals surface area (Å²) in [7, 11) is 1.59. The highest BCUT2D eigenvalue weighted by atomic mass is 32.2. The lowest BCUT2D eigenvalue weighted by atomic mass is 10.1. The zero-order valence-electron chi connectivity index (χ0n) is 16.3. The molecule has 0 saturated carbocycles. The molecule has 1 aromatic heterocycles. The fourth-order valence-corrected chi connectivity index (χ4v) is 4.00. The molecule has 0 aliphatic rings. The number of hydrogen-bond acceptors (Lipinski definition) is 5. The summed E-state index contributed by atoms with van der Waals surface area (Å²) in [4.78, 5) is 27.7. The molecule has 28 heavy (non-hydrogen) atoms. The fourth-order valence-electron chi connectivity index (χ4n) is 3.01. The summed E-state index contributed by atoms with van der Waals surface area (Å²) >= 11 is 1.43. The van der Waals surface area contributed by atoms with Gasteiger partial charge in [-0.25, -0.2) is 4.98 Å². The van der Waals surface area contributed by atoms with Crippen LogP contribution in [0.5, 0.6) is 5.75 Å². The van der Waals surface area contributed by atoms with Gasteiger partial charge in [-0.05, 0) is 62.2 Å². The standard InChI is InChI=1S/C21H22N2O4S/c1-12-7-17-18(8-13(12)2)23(10-20(25)26)21(22-17)28-11-16-9-15(14(3)24)5-6-19(16)27-4/h5-9H,10-11H2,1-4H3,(H,25,26). The molecule has 0 radical (unpaired) electrons. The van der Waals surface area contributed by atoms with Gasteiger partial charge in [0.05, 0.1) is 18.1 Å². The van der Waals surface area contributed by atoms with Crippen molar-refractivity contribution >= 4 is 34.5 Å². The maximum atomic E-state index is 11.7. The van der Waals surface area contributed by atoms with Crippen molar-refractivity contribution in [3.63, 3.8) is 0 Å². The predicted octanol–water partition coefficient (Wildman–Crippen LogP) is 4.24. The van der Waals surface area contributed by atoms with E-state index in [2.05, 4.69) is 4.98 Å². The number of fused-ring (bicyclic) bond motifs is 1. The van der Waals surface area contributed by atoms with Crippen molar-refractivity contribution in [2.75, 3.05) is 7.11 Å². The average molecular weight is 398 g/mol. The number of nitrogens with zero attached hydrogens (tertiary/aromatic N) is 2. The second kappa shape index (κ2) is 8.06. The highest BCUT2D eigenvalue weighted by Crippen LogP contribution is 2.31. The molecule has 0 amide bonds. The highest BCUT2D eigenvalue weighted by Gasteiger charge is 2.16. The SMILES string of the molecule is COc1ccc(C(C)=O)cc1CSc1nc2cc(C)c(C)cc2n1CC(=O)O. The van der Waals surface area contributed by atoms with E-state index in [0.29, 0.717) is 22.2 Å². The fraction of sp³-hybridized carbons (Fsp3) is 0.286. The maximum absolute atomic E-state index is 11.7. The topological polar surface area (TPSA) is 81.4 Å². The molecule has 2 aromatic carbocycles. The Bertz CT molecular complexity index is 1070. The quantitative estimate of drug-likeness (QED) is 0.473. The molecule has 1 N–H and O–H groups in total. The number of methoxy groups -OCH3 is 1. The Labute approximate surface area is 167 Å². The van der Waals surface area contributed by atoms with E-state index >= 15 is 0 Å². The lowest BCUT2D eigenvalue weighted by Crippen LogP contribution is -2.10. The minimum Gasteiger partial charge on any atom is -0.496 e. The van der Waals surface area contributed by atoms with Crippen molar-refractivity contribution in [1.29, 1.82) is 0 Å². The predicted molar refractivity (Wildman–Crippen MR) is 109 cm³/mol. The van der Waals surface area contributed by atoms with E-state index in [1.54, 1.807) is 23.8 Å². The highest BCUT2D eigenvalue weighted by molar-refractivity contribution is 7.98. The molecule has 3 rings (SSSR count). The summed E-state index contributed by atoms with van der Waals surface area (Å²) in [5.41, 5.74) is 5.25. The lowest BCUT2D eigenvalue weighted by Gasteiger charge is -2.10.